The fourth-order valence-corrected chi connectivity index (χ4v) is 1.56. The van der Waals surface area contributed by atoms with Crippen LogP contribution in [0.3, 0.4) is 0 Å². The molecule has 0 heterocycles. The molecule has 1 atom stereocenters. The second-order valence-electron chi connectivity index (χ2n) is 4.10. The summed E-state index contributed by atoms with van der Waals surface area (Å²) in [5, 5.41) is 2.94. The van der Waals surface area contributed by atoms with E-state index in [9.17, 15) is 13.6 Å². The van der Waals surface area contributed by atoms with Crippen molar-refractivity contribution in [3.05, 3.63) is 29.8 Å². The van der Waals surface area contributed by atoms with Crippen LogP contribution in [0.5, 0.6) is 5.75 Å². The number of benzene rings is 1. The highest BCUT2D eigenvalue weighted by atomic mass is 19.1. The van der Waals surface area contributed by atoms with E-state index in [0.717, 1.165) is 18.6 Å². The van der Waals surface area contributed by atoms with Crippen LogP contribution in [0.2, 0.25) is 0 Å². The van der Waals surface area contributed by atoms with Crippen molar-refractivity contribution >= 4 is 5.91 Å². The Labute approximate surface area is 110 Å². The van der Waals surface area contributed by atoms with Gasteiger partial charge in [0.2, 0.25) is 5.91 Å². The van der Waals surface area contributed by atoms with E-state index < -0.39 is 29.3 Å². The van der Waals surface area contributed by atoms with Gasteiger partial charge < -0.3 is 15.8 Å². The first kappa shape index (κ1) is 15.4. The van der Waals surface area contributed by atoms with Gasteiger partial charge in [-0.2, -0.15) is 0 Å². The predicted octanol–water partition coefficient (Wildman–Crippen LogP) is 1.59. The molecule has 1 unspecified atom stereocenters. The van der Waals surface area contributed by atoms with E-state index in [1.807, 2.05) is 6.92 Å². The molecule has 106 valence electrons. The summed E-state index contributed by atoms with van der Waals surface area (Å²) in [4.78, 5) is 11.1. The maximum absolute atomic E-state index is 13.3. The van der Waals surface area contributed by atoms with Crippen LogP contribution in [-0.2, 0) is 4.79 Å². The van der Waals surface area contributed by atoms with Crippen molar-refractivity contribution in [3.63, 3.8) is 0 Å². The first-order valence-corrected chi connectivity index (χ1v) is 6.15. The van der Waals surface area contributed by atoms with Gasteiger partial charge in [0.15, 0.2) is 17.4 Å². The summed E-state index contributed by atoms with van der Waals surface area (Å²) in [7, 11) is 0. The summed E-state index contributed by atoms with van der Waals surface area (Å²) >= 11 is 0. The number of carbonyl (C=O) groups excluding carboxylic acids is 1. The minimum atomic E-state index is -0.767. The molecule has 0 aliphatic carbocycles. The van der Waals surface area contributed by atoms with Crippen molar-refractivity contribution in [2.24, 2.45) is 5.73 Å². The third kappa shape index (κ3) is 4.82. The molecule has 6 heteroatoms. The number of hydrogen-bond donors (Lipinski definition) is 2. The van der Waals surface area contributed by atoms with Crippen molar-refractivity contribution in [2.45, 2.75) is 25.8 Å². The Kier molecular flexibility index (Phi) is 6.21. The Morgan fingerprint density at radius 3 is 2.58 bits per heavy atom. The average molecular weight is 272 g/mol. The van der Waals surface area contributed by atoms with E-state index in [4.69, 9.17) is 10.5 Å². The zero-order valence-corrected chi connectivity index (χ0v) is 10.8. The van der Waals surface area contributed by atoms with Crippen LogP contribution in [-0.4, -0.2) is 25.1 Å². The number of amides is 1. The van der Waals surface area contributed by atoms with Gasteiger partial charge in [0.1, 0.15) is 0 Å². The van der Waals surface area contributed by atoms with Gasteiger partial charge in [0.25, 0.3) is 0 Å². The number of carbonyl (C=O) groups is 1. The first-order valence-electron chi connectivity index (χ1n) is 6.15. The molecule has 0 saturated carbocycles. The SMILES string of the molecule is CCCNC(CCOc1c(F)cccc1F)C(N)=O. The summed E-state index contributed by atoms with van der Waals surface area (Å²) in [6.07, 6.45) is 1.11. The van der Waals surface area contributed by atoms with Crippen molar-refractivity contribution in [2.75, 3.05) is 13.2 Å². The van der Waals surface area contributed by atoms with Crippen molar-refractivity contribution in [3.8, 4) is 5.75 Å². The Hall–Kier alpha value is -1.69. The molecule has 0 radical (unpaired) electrons. The second kappa shape index (κ2) is 7.68. The summed E-state index contributed by atoms with van der Waals surface area (Å²) in [6.45, 7) is 2.60. The number of para-hydroxylation sites is 1. The van der Waals surface area contributed by atoms with Crippen LogP contribution in [0, 0.1) is 11.6 Å². The Bertz CT molecular complexity index is 407. The number of hydrogen-bond acceptors (Lipinski definition) is 3. The standard InChI is InChI=1S/C13H18F2N2O2/c1-2-7-17-11(13(16)18)6-8-19-12-9(14)4-3-5-10(12)15/h3-5,11,17H,2,6-8H2,1H3,(H2,16,18). The maximum atomic E-state index is 13.3. The molecule has 1 rings (SSSR count). The molecule has 0 spiro atoms. The third-order valence-corrected chi connectivity index (χ3v) is 2.56. The molecule has 1 aromatic rings. The third-order valence-electron chi connectivity index (χ3n) is 2.56. The quantitative estimate of drug-likeness (QED) is 0.755. The van der Waals surface area contributed by atoms with Crippen LogP contribution in [0.4, 0.5) is 8.78 Å². The Morgan fingerprint density at radius 1 is 1.42 bits per heavy atom. The van der Waals surface area contributed by atoms with Crippen LogP contribution < -0.4 is 15.8 Å². The fourth-order valence-electron chi connectivity index (χ4n) is 1.56. The van der Waals surface area contributed by atoms with Gasteiger partial charge in [0, 0.05) is 6.42 Å². The zero-order valence-electron chi connectivity index (χ0n) is 10.8. The van der Waals surface area contributed by atoms with E-state index in [1.54, 1.807) is 0 Å². The molecule has 1 amide bonds. The van der Waals surface area contributed by atoms with Gasteiger partial charge in [-0.1, -0.05) is 13.0 Å². The van der Waals surface area contributed by atoms with Gasteiger partial charge >= 0.3 is 0 Å². The average Bonchev–Trinajstić information content (AvgIpc) is 2.36. The number of nitrogens with two attached hydrogens (primary N) is 1. The number of ether oxygens (including phenoxy) is 1. The summed E-state index contributed by atoms with van der Waals surface area (Å²) in [6, 6.07) is 2.92. The van der Waals surface area contributed by atoms with E-state index in [1.165, 1.54) is 6.07 Å². The summed E-state index contributed by atoms with van der Waals surface area (Å²) < 4.78 is 31.6. The largest absolute Gasteiger partial charge is 0.488 e. The van der Waals surface area contributed by atoms with Gasteiger partial charge in [-0.05, 0) is 25.1 Å². The van der Waals surface area contributed by atoms with Crippen LogP contribution in [0.25, 0.3) is 0 Å². The lowest BCUT2D eigenvalue weighted by molar-refractivity contribution is -0.120. The molecule has 0 aliphatic rings. The van der Waals surface area contributed by atoms with Gasteiger partial charge in [-0.25, -0.2) is 8.78 Å². The van der Waals surface area contributed by atoms with Gasteiger partial charge in [-0.15, -0.1) is 0 Å². The lowest BCUT2D eigenvalue weighted by Gasteiger charge is -2.15. The molecule has 19 heavy (non-hydrogen) atoms. The maximum Gasteiger partial charge on any atom is 0.234 e. The molecule has 0 aromatic heterocycles. The molecule has 0 aliphatic heterocycles. The summed E-state index contributed by atoms with van der Waals surface area (Å²) in [5.41, 5.74) is 5.21. The minimum Gasteiger partial charge on any atom is -0.488 e. The van der Waals surface area contributed by atoms with E-state index in [2.05, 4.69) is 5.32 Å². The molecule has 4 nitrogen and oxygen atoms in total. The number of rotatable bonds is 8. The smallest absolute Gasteiger partial charge is 0.234 e. The molecule has 1 aromatic carbocycles. The van der Waals surface area contributed by atoms with Crippen LogP contribution >= 0.6 is 0 Å². The zero-order chi connectivity index (χ0) is 14.3. The Balaban J connectivity index is 2.50. The van der Waals surface area contributed by atoms with E-state index in [0.29, 0.717) is 6.54 Å². The molecule has 0 bridgehead atoms. The van der Waals surface area contributed by atoms with Crippen molar-refractivity contribution in [1.82, 2.24) is 5.32 Å². The van der Waals surface area contributed by atoms with Gasteiger partial charge in [-0.3, -0.25) is 4.79 Å². The highest BCUT2D eigenvalue weighted by Crippen LogP contribution is 2.20. The first-order chi connectivity index (χ1) is 9.06. The predicted molar refractivity (Wildman–Crippen MR) is 67.7 cm³/mol. The lowest BCUT2D eigenvalue weighted by Crippen LogP contribution is -2.42. The highest BCUT2D eigenvalue weighted by molar-refractivity contribution is 5.79. The molecular weight excluding hydrogens is 254 g/mol. The normalized spacial score (nSPS) is 12.2. The number of nitrogens with one attached hydrogen (secondary N) is 1. The van der Waals surface area contributed by atoms with E-state index >= 15 is 0 Å². The van der Waals surface area contributed by atoms with Gasteiger partial charge in [0.05, 0.1) is 12.6 Å². The number of halogens is 2. The molecule has 0 saturated heterocycles. The fraction of sp³-hybridized carbons (Fsp3) is 0.462. The van der Waals surface area contributed by atoms with Crippen LogP contribution in [0.15, 0.2) is 18.2 Å². The lowest BCUT2D eigenvalue weighted by atomic mass is 10.2. The second-order valence-corrected chi connectivity index (χ2v) is 4.10. The summed E-state index contributed by atoms with van der Waals surface area (Å²) in [5.74, 6) is -2.47. The topological polar surface area (TPSA) is 64.3 Å². The monoisotopic (exact) mass is 272 g/mol. The van der Waals surface area contributed by atoms with Crippen molar-refractivity contribution < 1.29 is 18.3 Å². The van der Waals surface area contributed by atoms with E-state index in [-0.39, 0.29) is 13.0 Å². The highest BCUT2D eigenvalue weighted by Gasteiger charge is 2.15. The Morgan fingerprint density at radius 2 is 2.05 bits per heavy atom. The van der Waals surface area contributed by atoms with Crippen molar-refractivity contribution in [1.29, 1.82) is 0 Å². The molecular formula is C13H18F2N2O2. The molecule has 3 N–H and O–H groups in total. The van der Waals surface area contributed by atoms with Crippen LogP contribution in [0.1, 0.15) is 19.8 Å². The minimum absolute atomic E-state index is 0.00216. The number of primary amides is 1. The molecule has 0 fully saturated rings.